The maximum Gasteiger partial charge on any atom is 0.102 e. The van der Waals surface area contributed by atoms with Gasteiger partial charge in [0.1, 0.15) is 5.54 Å². The van der Waals surface area contributed by atoms with Crippen LogP contribution in [0.5, 0.6) is 0 Å². The van der Waals surface area contributed by atoms with E-state index in [2.05, 4.69) is 13.0 Å². The van der Waals surface area contributed by atoms with E-state index in [-0.39, 0.29) is 5.25 Å². The summed E-state index contributed by atoms with van der Waals surface area (Å²) in [6.07, 6.45) is 0.653. The Morgan fingerprint density at radius 2 is 2.31 bits per heavy atom. The Bertz CT molecular complexity index is 398. The summed E-state index contributed by atoms with van der Waals surface area (Å²) in [5.41, 5.74) is 5.04. The number of benzene rings is 1. The smallest absolute Gasteiger partial charge is 0.102 e. The highest BCUT2D eigenvalue weighted by molar-refractivity contribution is 8.00. The first-order chi connectivity index (χ1) is 7.43. The fourth-order valence-corrected chi connectivity index (χ4v) is 2.96. The molecule has 0 amide bonds. The van der Waals surface area contributed by atoms with Gasteiger partial charge in [0.25, 0.3) is 0 Å². The molecule has 0 spiro atoms. The summed E-state index contributed by atoms with van der Waals surface area (Å²) in [6, 6.07) is 9.80. The van der Waals surface area contributed by atoms with Gasteiger partial charge in [-0.3, -0.25) is 0 Å². The van der Waals surface area contributed by atoms with Crippen molar-refractivity contribution < 1.29 is 0 Å². The topological polar surface area (TPSA) is 49.8 Å². The molecule has 0 saturated carbocycles. The van der Waals surface area contributed by atoms with Crippen LogP contribution < -0.4 is 5.73 Å². The lowest BCUT2D eigenvalue weighted by Gasteiger charge is -2.20. The standard InChI is InChI=1S/C12H15ClN2S/c1-9(7-12(2,15)8-14)16-11-5-3-4-10(13)6-11/h3-6,9H,7,15H2,1-2H3. The van der Waals surface area contributed by atoms with Crippen molar-refractivity contribution >= 4 is 23.4 Å². The highest BCUT2D eigenvalue weighted by Crippen LogP contribution is 2.29. The fourth-order valence-electron chi connectivity index (χ4n) is 1.46. The van der Waals surface area contributed by atoms with Crippen molar-refractivity contribution in [2.45, 2.75) is 36.0 Å². The Balaban J connectivity index is 2.59. The lowest BCUT2D eigenvalue weighted by atomic mass is 10.00. The van der Waals surface area contributed by atoms with E-state index in [1.807, 2.05) is 24.3 Å². The van der Waals surface area contributed by atoms with Crippen LogP contribution in [-0.4, -0.2) is 10.8 Å². The molecule has 1 rings (SSSR count). The second-order valence-corrected chi connectivity index (χ2v) is 6.07. The van der Waals surface area contributed by atoms with Crippen LogP contribution in [0.3, 0.4) is 0 Å². The molecule has 1 aromatic carbocycles. The van der Waals surface area contributed by atoms with Crippen LogP contribution in [0.4, 0.5) is 0 Å². The normalized spacial score (nSPS) is 16.2. The van der Waals surface area contributed by atoms with Crippen molar-refractivity contribution in [3.8, 4) is 6.07 Å². The van der Waals surface area contributed by atoms with Gasteiger partial charge in [-0.15, -0.1) is 11.8 Å². The first-order valence-corrected chi connectivity index (χ1v) is 6.31. The molecule has 4 heteroatoms. The zero-order valence-corrected chi connectivity index (χ0v) is 11.0. The van der Waals surface area contributed by atoms with Crippen LogP contribution in [0, 0.1) is 11.3 Å². The van der Waals surface area contributed by atoms with Crippen LogP contribution in [0.2, 0.25) is 5.02 Å². The number of halogens is 1. The molecule has 0 saturated heterocycles. The number of hydrogen-bond donors (Lipinski definition) is 1. The number of thioether (sulfide) groups is 1. The second kappa shape index (κ2) is 5.58. The minimum atomic E-state index is -0.759. The van der Waals surface area contributed by atoms with Crippen molar-refractivity contribution in [3.05, 3.63) is 29.3 Å². The lowest BCUT2D eigenvalue weighted by molar-refractivity contribution is 0.545. The largest absolute Gasteiger partial charge is 0.314 e. The molecule has 0 aliphatic rings. The molecule has 2 unspecified atom stereocenters. The van der Waals surface area contributed by atoms with E-state index in [1.54, 1.807) is 18.7 Å². The molecule has 2 N–H and O–H groups in total. The van der Waals surface area contributed by atoms with E-state index in [4.69, 9.17) is 22.6 Å². The average molecular weight is 255 g/mol. The summed E-state index contributed by atoms with van der Waals surface area (Å²) in [5, 5.41) is 9.86. The fraction of sp³-hybridized carbons (Fsp3) is 0.417. The Morgan fingerprint density at radius 3 is 2.88 bits per heavy atom. The van der Waals surface area contributed by atoms with Gasteiger partial charge in [-0.25, -0.2) is 0 Å². The molecule has 0 fully saturated rings. The molecule has 0 heterocycles. The number of nitriles is 1. The van der Waals surface area contributed by atoms with Gasteiger partial charge in [-0.2, -0.15) is 5.26 Å². The Hall–Kier alpha value is -0.690. The van der Waals surface area contributed by atoms with E-state index in [0.29, 0.717) is 6.42 Å². The summed E-state index contributed by atoms with van der Waals surface area (Å²) in [7, 11) is 0. The molecule has 0 aromatic heterocycles. The molecular weight excluding hydrogens is 240 g/mol. The third-order valence-electron chi connectivity index (χ3n) is 2.10. The van der Waals surface area contributed by atoms with Gasteiger partial charge >= 0.3 is 0 Å². The predicted octanol–water partition coefficient (Wildman–Crippen LogP) is 3.45. The van der Waals surface area contributed by atoms with E-state index in [9.17, 15) is 0 Å². The van der Waals surface area contributed by atoms with Gasteiger partial charge in [0.05, 0.1) is 6.07 Å². The average Bonchev–Trinajstić information content (AvgIpc) is 2.16. The van der Waals surface area contributed by atoms with Crippen LogP contribution >= 0.6 is 23.4 Å². The van der Waals surface area contributed by atoms with Crippen LogP contribution in [0.25, 0.3) is 0 Å². The molecule has 0 aliphatic carbocycles. The van der Waals surface area contributed by atoms with Crippen molar-refractivity contribution in [1.82, 2.24) is 0 Å². The van der Waals surface area contributed by atoms with Gasteiger partial charge in [0, 0.05) is 15.2 Å². The summed E-state index contributed by atoms with van der Waals surface area (Å²) in [4.78, 5) is 1.11. The molecular formula is C12H15ClN2S. The Morgan fingerprint density at radius 1 is 1.62 bits per heavy atom. The quantitative estimate of drug-likeness (QED) is 0.838. The van der Waals surface area contributed by atoms with E-state index in [0.717, 1.165) is 9.92 Å². The zero-order valence-electron chi connectivity index (χ0n) is 9.40. The predicted molar refractivity (Wildman–Crippen MR) is 69.6 cm³/mol. The minimum absolute atomic E-state index is 0.285. The molecule has 16 heavy (non-hydrogen) atoms. The first-order valence-electron chi connectivity index (χ1n) is 5.05. The molecule has 0 radical (unpaired) electrons. The molecule has 2 nitrogen and oxygen atoms in total. The number of rotatable bonds is 4. The van der Waals surface area contributed by atoms with Gasteiger partial charge in [0.15, 0.2) is 0 Å². The van der Waals surface area contributed by atoms with E-state index >= 15 is 0 Å². The Labute approximate surface area is 106 Å². The zero-order chi connectivity index (χ0) is 12.2. The highest BCUT2D eigenvalue weighted by atomic mass is 35.5. The summed E-state index contributed by atoms with van der Waals surface area (Å²) in [5.74, 6) is 0. The van der Waals surface area contributed by atoms with Crippen molar-refractivity contribution in [1.29, 1.82) is 5.26 Å². The third-order valence-corrected chi connectivity index (χ3v) is 3.43. The number of nitrogens with two attached hydrogens (primary N) is 1. The van der Waals surface area contributed by atoms with Gasteiger partial charge in [-0.1, -0.05) is 24.6 Å². The summed E-state index contributed by atoms with van der Waals surface area (Å²) < 4.78 is 0. The van der Waals surface area contributed by atoms with Crippen LogP contribution in [-0.2, 0) is 0 Å². The summed E-state index contributed by atoms with van der Waals surface area (Å²) in [6.45, 7) is 3.82. The first kappa shape index (κ1) is 13.4. The molecule has 2 atom stereocenters. The maximum atomic E-state index is 8.85. The third kappa shape index (κ3) is 4.44. The number of hydrogen-bond acceptors (Lipinski definition) is 3. The van der Waals surface area contributed by atoms with Crippen LogP contribution in [0.1, 0.15) is 20.3 Å². The van der Waals surface area contributed by atoms with Gasteiger partial charge in [-0.05, 0) is 31.5 Å². The van der Waals surface area contributed by atoms with Gasteiger partial charge in [0.2, 0.25) is 0 Å². The minimum Gasteiger partial charge on any atom is -0.314 e. The van der Waals surface area contributed by atoms with Crippen LogP contribution in [0.15, 0.2) is 29.2 Å². The van der Waals surface area contributed by atoms with Crippen molar-refractivity contribution in [2.75, 3.05) is 0 Å². The monoisotopic (exact) mass is 254 g/mol. The Kier molecular flexibility index (Phi) is 4.67. The van der Waals surface area contributed by atoms with Gasteiger partial charge < -0.3 is 5.73 Å². The van der Waals surface area contributed by atoms with E-state index in [1.165, 1.54) is 0 Å². The lowest BCUT2D eigenvalue weighted by Crippen LogP contribution is -2.36. The maximum absolute atomic E-state index is 8.85. The summed E-state index contributed by atoms with van der Waals surface area (Å²) >= 11 is 7.58. The van der Waals surface area contributed by atoms with E-state index < -0.39 is 5.54 Å². The van der Waals surface area contributed by atoms with Crippen molar-refractivity contribution in [2.24, 2.45) is 5.73 Å². The second-order valence-electron chi connectivity index (χ2n) is 4.12. The number of nitrogens with zero attached hydrogens (tertiary/aromatic N) is 1. The highest BCUT2D eigenvalue weighted by Gasteiger charge is 2.21. The molecule has 1 aromatic rings. The van der Waals surface area contributed by atoms with Crippen molar-refractivity contribution in [3.63, 3.8) is 0 Å². The molecule has 0 bridgehead atoms. The SMILES string of the molecule is CC(CC(C)(N)C#N)Sc1cccc(Cl)c1. The molecule has 86 valence electrons. The molecule has 0 aliphatic heterocycles.